The van der Waals surface area contributed by atoms with Gasteiger partial charge in [-0.3, -0.25) is 4.79 Å². The van der Waals surface area contributed by atoms with Gasteiger partial charge in [-0.15, -0.1) is 0 Å². The number of nitrogens with one attached hydrogen (secondary N) is 2. The van der Waals surface area contributed by atoms with Gasteiger partial charge in [0.1, 0.15) is 0 Å². The Hall–Kier alpha value is -0.780. The second-order valence-corrected chi connectivity index (χ2v) is 5.84. The molecule has 0 bridgehead atoms. The summed E-state index contributed by atoms with van der Waals surface area (Å²) in [5.41, 5.74) is -0.103. The Morgan fingerprint density at radius 3 is 2.63 bits per heavy atom. The quantitative estimate of drug-likeness (QED) is 0.760. The van der Waals surface area contributed by atoms with Crippen LogP contribution in [0, 0.1) is 5.41 Å². The topological polar surface area (TPSA) is 41.1 Å². The first-order valence-corrected chi connectivity index (χ1v) is 6.80. The lowest BCUT2D eigenvalue weighted by Gasteiger charge is -2.38. The van der Waals surface area contributed by atoms with Gasteiger partial charge in [0.2, 0.25) is 5.91 Å². The summed E-state index contributed by atoms with van der Waals surface area (Å²) < 4.78 is 35.8. The molecule has 1 amide bonds. The maximum atomic E-state index is 12.0. The van der Waals surface area contributed by atoms with Crippen molar-refractivity contribution in [3.63, 3.8) is 0 Å². The summed E-state index contributed by atoms with van der Waals surface area (Å²) in [7, 11) is 0. The van der Waals surface area contributed by atoms with Crippen molar-refractivity contribution in [2.24, 2.45) is 5.41 Å². The van der Waals surface area contributed by atoms with Crippen molar-refractivity contribution in [2.45, 2.75) is 58.2 Å². The summed E-state index contributed by atoms with van der Waals surface area (Å²) in [6.45, 7) is 5.19. The minimum absolute atomic E-state index is 0.0608. The zero-order chi connectivity index (χ0) is 14.5. The van der Waals surface area contributed by atoms with E-state index in [0.29, 0.717) is 13.0 Å². The van der Waals surface area contributed by atoms with E-state index >= 15 is 0 Å². The zero-order valence-corrected chi connectivity index (χ0v) is 11.6. The molecule has 1 aliphatic rings. The number of carbonyl (C=O) groups excluding carboxylic acids is 1. The van der Waals surface area contributed by atoms with Gasteiger partial charge >= 0.3 is 6.18 Å². The molecule has 0 aliphatic carbocycles. The number of amides is 1. The maximum absolute atomic E-state index is 12.0. The van der Waals surface area contributed by atoms with Gasteiger partial charge in [0, 0.05) is 13.0 Å². The molecule has 1 saturated heterocycles. The molecule has 3 nitrogen and oxygen atoms in total. The summed E-state index contributed by atoms with van der Waals surface area (Å²) >= 11 is 0. The molecule has 0 aromatic carbocycles. The Labute approximate surface area is 112 Å². The van der Waals surface area contributed by atoms with Crippen LogP contribution in [0.2, 0.25) is 0 Å². The number of hydrogen-bond acceptors (Lipinski definition) is 2. The van der Waals surface area contributed by atoms with Crippen LogP contribution in [0.5, 0.6) is 0 Å². The van der Waals surface area contributed by atoms with Crippen LogP contribution in [0.1, 0.15) is 46.0 Å². The van der Waals surface area contributed by atoms with Crippen LogP contribution < -0.4 is 10.6 Å². The number of rotatable bonds is 5. The van der Waals surface area contributed by atoms with Crippen LogP contribution in [0.3, 0.4) is 0 Å². The predicted molar refractivity (Wildman–Crippen MR) is 67.7 cm³/mol. The van der Waals surface area contributed by atoms with E-state index in [4.69, 9.17) is 0 Å². The Morgan fingerprint density at radius 2 is 2.05 bits per heavy atom. The molecule has 6 heteroatoms. The first-order valence-electron chi connectivity index (χ1n) is 6.80. The van der Waals surface area contributed by atoms with Crippen molar-refractivity contribution in [1.82, 2.24) is 10.6 Å². The van der Waals surface area contributed by atoms with E-state index in [9.17, 15) is 18.0 Å². The van der Waals surface area contributed by atoms with Gasteiger partial charge in [0.05, 0.1) is 6.04 Å². The summed E-state index contributed by atoms with van der Waals surface area (Å²) in [6, 6.07) is -0.246. The molecular formula is C13H23F3N2O. The average molecular weight is 280 g/mol. The maximum Gasteiger partial charge on any atom is 0.389 e. The Morgan fingerprint density at radius 1 is 1.37 bits per heavy atom. The summed E-state index contributed by atoms with van der Waals surface area (Å²) in [5.74, 6) is -0.100. The fraction of sp³-hybridized carbons (Fsp3) is 0.923. The van der Waals surface area contributed by atoms with Crippen LogP contribution in [0.4, 0.5) is 13.2 Å². The molecule has 0 radical (unpaired) electrons. The van der Waals surface area contributed by atoms with Crippen molar-refractivity contribution < 1.29 is 18.0 Å². The second-order valence-electron chi connectivity index (χ2n) is 5.84. The molecule has 0 aromatic heterocycles. The predicted octanol–water partition coefficient (Wildman–Crippen LogP) is 2.61. The minimum Gasteiger partial charge on any atom is -0.355 e. The van der Waals surface area contributed by atoms with Gasteiger partial charge in [0.15, 0.2) is 0 Å². The summed E-state index contributed by atoms with van der Waals surface area (Å²) in [5, 5.41) is 5.91. The van der Waals surface area contributed by atoms with Crippen LogP contribution in [-0.4, -0.2) is 31.2 Å². The molecule has 0 saturated carbocycles. The second kappa shape index (κ2) is 6.59. The number of hydrogen-bond donors (Lipinski definition) is 2. The van der Waals surface area contributed by atoms with E-state index in [1.165, 1.54) is 0 Å². The van der Waals surface area contributed by atoms with E-state index in [2.05, 4.69) is 10.6 Å². The first kappa shape index (κ1) is 16.3. The number of carbonyl (C=O) groups is 1. The summed E-state index contributed by atoms with van der Waals surface area (Å²) in [4.78, 5) is 12.0. The van der Waals surface area contributed by atoms with Crippen molar-refractivity contribution >= 4 is 5.91 Å². The third kappa shape index (κ3) is 5.80. The van der Waals surface area contributed by atoms with Gasteiger partial charge in [-0.1, -0.05) is 13.8 Å². The van der Waals surface area contributed by atoms with Crippen molar-refractivity contribution in [3.8, 4) is 0 Å². The summed E-state index contributed by atoms with van der Waals surface area (Å²) in [6.07, 6.45) is -2.44. The molecule has 19 heavy (non-hydrogen) atoms. The van der Waals surface area contributed by atoms with Crippen LogP contribution in [-0.2, 0) is 4.79 Å². The lowest BCUT2D eigenvalue weighted by atomic mass is 9.77. The average Bonchev–Trinajstić information content (AvgIpc) is 2.26. The third-order valence-corrected chi connectivity index (χ3v) is 3.58. The van der Waals surface area contributed by atoms with Crippen LogP contribution >= 0.6 is 0 Å². The van der Waals surface area contributed by atoms with E-state index in [0.717, 1.165) is 19.4 Å². The minimum atomic E-state index is -4.10. The van der Waals surface area contributed by atoms with Gasteiger partial charge in [-0.2, -0.15) is 13.2 Å². The molecule has 1 fully saturated rings. The Kier molecular flexibility index (Phi) is 5.64. The molecule has 1 rings (SSSR count). The molecule has 1 atom stereocenters. The van der Waals surface area contributed by atoms with E-state index in [-0.39, 0.29) is 23.8 Å². The smallest absolute Gasteiger partial charge is 0.355 e. The lowest BCUT2D eigenvalue weighted by Crippen LogP contribution is -2.55. The largest absolute Gasteiger partial charge is 0.389 e. The Balaban J connectivity index is 2.24. The van der Waals surface area contributed by atoms with E-state index in [1.54, 1.807) is 0 Å². The van der Waals surface area contributed by atoms with Gasteiger partial charge in [-0.05, 0) is 37.6 Å². The lowest BCUT2D eigenvalue weighted by molar-refractivity contribution is -0.135. The highest BCUT2D eigenvalue weighted by Gasteiger charge is 2.36. The molecule has 1 unspecified atom stereocenters. The number of alkyl halides is 3. The molecule has 112 valence electrons. The molecule has 1 heterocycles. The highest BCUT2D eigenvalue weighted by atomic mass is 19.4. The third-order valence-electron chi connectivity index (χ3n) is 3.58. The van der Waals surface area contributed by atoms with Gasteiger partial charge in [0.25, 0.3) is 0 Å². The van der Waals surface area contributed by atoms with Crippen molar-refractivity contribution in [1.29, 1.82) is 0 Å². The Bertz CT molecular complexity index is 303. The van der Waals surface area contributed by atoms with Crippen molar-refractivity contribution in [3.05, 3.63) is 0 Å². The molecule has 0 spiro atoms. The fourth-order valence-electron chi connectivity index (χ4n) is 2.42. The van der Waals surface area contributed by atoms with Gasteiger partial charge in [-0.25, -0.2) is 0 Å². The first-order chi connectivity index (χ1) is 8.72. The van der Waals surface area contributed by atoms with Gasteiger partial charge < -0.3 is 10.6 Å². The molecule has 0 aromatic rings. The highest BCUT2D eigenvalue weighted by molar-refractivity contribution is 5.82. The monoisotopic (exact) mass is 280 g/mol. The number of piperidine rings is 1. The fourth-order valence-corrected chi connectivity index (χ4v) is 2.42. The molecular weight excluding hydrogens is 257 g/mol. The van der Waals surface area contributed by atoms with Crippen LogP contribution in [0.15, 0.2) is 0 Å². The molecule has 2 N–H and O–H groups in total. The normalized spacial score (nSPS) is 23.1. The number of unbranched alkanes of at least 4 members (excludes halogenated alkanes) is 1. The van der Waals surface area contributed by atoms with Crippen LogP contribution in [0.25, 0.3) is 0 Å². The zero-order valence-electron chi connectivity index (χ0n) is 11.6. The molecule has 1 aliphatic heterocycles. The number of halogens is 3. The van der Waals surface area contributed by atoms with E-state index < -0.39 is 12.6 Å². The highest BCUT2D eigenvalue weighted by Crippen LogP contribution is 2.30. The SMILES string of the molecule is CC1(C)CCCNC1C(=O)NCCCCC(F)(F)F. The van der Waals surface area contributed by atoms with Crippen molar-refractivity contribution in [2.75, 3.05) is 13.1 Å². The standard InChI is InChI=1S/C13H23F3N2O/c1-12(2)6-5-9-17-10(12)11(19)18-8-4-3-7-13(14,15)16/h10,17H,3-9H2,1-2H3,(H,18,19). The van der Waals surface area contributed by atoms with E-state index in [1.807, 2.05) is 13.8 Å².